The second kappa shape index (κ2) is 9.01. The first kappa shape index (κ1) is 23.4. The zero-order valence-corrected chi connectivity index (χ0v) is 20.7. The summed E-state index contributed by atoms with van der Waals surface area (Å²) < 4.78 is 28.1. The van der Waals surface area contributed by atoms with E-state index in [1.54, 1.807) is 55.5 Å². The second-order valence-corrected chi connectivity index (χ2v) is 10.2. The zero-order valence-electron chi connectivity index (χ0n) is 19.9. The molecule has 0 aliphatic heterocycles. The van der Waals surface area contributed by atoms with Crippen LogP contribution in [0.15, 0.2) is 82.5 Å². The molecule has 2 N–H and O–H groups in total. The van der Waals surface area contributed by atoms with Crippen molar-refractivity contribution in [2.45, 2.75) is 25.7 Å². The number of fused-ring (bicyclic) bond motifs is 1. The Hall–Kier alpha value is -4.37. The van der Waals surface area contributed by atoms with Gasteiger partial charge in [-0.2, -0.15) is 4.98 Å². The number of nitrogens with zero attached hydrogens (tertiary/aromatic N) is 3. The average molecular weight is 498 g/mol. The van der Waals surface area contributed by atoms with Crippen molar-refractivity contribution in [2.24, 2.45) is 0 Å². The van der Waals surface area contributed by atoms with Gasteiger partial charge in [0.2, 0.25) is 0 Å². The monoisotopic (exact) mass is 497 g/mol. The molecule has 0 fully saturated rings. The first-order valence-electron chi connectivity index (χ1n) is 11.3. The Morgan fingerprint density at radius 3 is 2.19 bits per heavy atom. The Kier molecular flexibility index (Phi) is 5.85. The molecule has 180 valence electrons. The van der Waals surface area contributed by atoms with E-state index in [-0.39, 0.29) is 4.90 Å². The Bertz CT molecular complexity index is 1740. The lowest BCUT2D eigenvalue weighted by molar-refractivity contribution is 0.601. The molecule has 0 bridgehead atoms. The van der Waals surface area contributed by atoms with E-state index in [1.807, 2.05) is 38.1 Å². The van der Waals surface area contributed by atoms with E-state index in [4.69, 9.17) is 9.97 Å². The third-order valence-electron chi connectivity index (χ3n) is 5.87. The van der Waals surface area contributed by atoms with Gasteiger partial charge >= 0.3 is 5.69 Å². The summed E-state index contributed by atoms with van der Waals surface area (Å²) in [7, 11) is -3.71. The standard InChI is InChI=1S/C27H23N5O3S/c1-16-8-14-21(15-9-16)36(34,35)32-20-12-10-19(11-13-20)26-30-23-7-5-4-6-22(23)25(31-26)24-17(2)28-27(33)29-18(24)3/h4-15,32H,1-3H3,(H,28,29,33). The van der Waals surface area contributed by atoms with Crippen molar-refractivity contribution in [1.29, 1.82) is 0 Å². The number of para-hydroxylation sites is 1. The predicted molar refractivity (Wildman–Crippen MR) is 140 cm³/mol. The van der Waals surface area contributed by atoms with Crippen molar-refractivity contribution in [3.63, 3.8) is 0 Å². The summed E-state index contributed by atoms with van der Waals surface area (Å²) in [6.45, 7) is 5.50. The molecule has 0 saturated heterocycles. The van der Waals surface area contributed by atoms with Gasteiger partial charge in [0, 0.05) is 27.9 Å². The molecule has 3 aromatic carbocycles. The van der Waals surface area contributed by atoms with Crippen molar-refractivity contribution >= 4 is 26.6 Å². The molecule has 0 saturated carbocycles. The maximum absolute atomic E-state index is 12.7. The van der Waals surface area contributed by atoms with Crippen molar-refractivity contribution in [3.05, 3.63) is 100 Å². The van der Waals surface area contributed by atoms with E-state index in [2.05, 4.69) is 14.7 Å². The zero-order chi connectivity index (χ0) is 25.4. The van der Waals surface area contributed by atoms with Gasteiger partial charge in [-0.05, 0) is 63.2 Å². The topological polar surface area (TPSA) is 118 Å². The molecule has 0 radical (unpaired) electrons. The molecule has 0 unspecified atom stereocenters. The number of nitrogens with one attached hydrogen (secondary N) is 2. The summed E-state index contributed by atoms with van der Waals surface area (Å²) in [5, 5.41) is 0.837. The van der Waals surface area contributed by atoms with Crippen molar-refractivity contribution in [3.8, 4) is 22.6 Å². The number of anilines is 1. The molecule has 9 heteroatoms. The molecule has 0 spiro atoms. The molecule has 5 rings (SSSR count). The van der Waals surface area contributed by atoms with Crippen LogP contribution in [0.25, 0.3) is 33.5 Å². The van der Waals surface area contributed by atoms with Gasteiger partial charge in [-0.15, -0.1) is 0 Å². The van der Waals surface area contributed by atoms with Crippen molar-refractivity contribution in [1.82, 2.24) is 19.9 Å². The van der Waals surface area contributed by atoms with E-state index in [0.717, 1.165) is 22.0 Å². The maximum atomic E-state index is 12.7. The van der Waals surface area contributed by atoms with Crippen LogP contribution in [-0.4, -0.2) is 28.4 Å². The lowest BCUT2D eigenvalue weighted by Crippen LogP contribution is -2.15. The van der Waals surface area contributed by atoms with Gasteiger partial charge in [0.15, 0.2) is 5.82 Å². The molecule has 0 aliphatic carbocycles. The second-order valence-electron chi connectivity index (χ2n) is 8.54. The third-order valence-corrected chi connectivity index (χ3v) is 7.26. The normalized spacial score (nSPS) is 11.5. The fraction of sp³-hybridized carbons (Fsp3) is 0.111. The van der Waals surface area contributed by atoms with Crippen LogP contribution >= 0.6 is 0 Å². The van der Waals surface area contributed by atoms with Crippen molar-refractivity contribution < 1.29 is 8.42 Å². The Morgan fingerprint density at radius 1 is 0.806 bits per heavy atom. The molecule has 36 heavy (non-hydrogen) atoms. The number of aryl methyl sites for hydroxylation is 3. The van der Waals surface area contributed by atoms with Gasteiger partial charge in [0.25, 0.3) is 10.0 Å². The summed E-state index contributed by atoms with van der Waals surface area (Å²) in [6, 6.07) is 21.2. The van der Waals surface area contributed by atoms with E-state index < -0.39 is 15.7 Å². The molecular formula is C27H23N5O3S. The highest BCUT2D eigenvalue weighted by Crippen LogP contribution is 2.31. The van der Waals surface area contributed by atoms with E-state index in [0.29, 0.717) is 34.2 Å². The fourth-order valence-electron chi connectivity index (χ4n) is 4.09. The highest BCUT2D eigenvalue weighted by Gasteiger charge is 2.17. The SMILES string of the molecule is Cc1ccc(S(=O)(=O)Nc2ccc(-c3nc(-c4c(C)nc(=O)[nH]c4C)c4ccccc4n3)cc2)cc1. The smallest absolute Gasteiger partial charge is 0.309 e. The molecule has 2 heterocycles. The Balaban J connectivity index is 1.55. The molecule has 0 aliphatic rings. The highest BCUT2D eigenvalue weighted by atomic mass is 32.2. The minimum absolute atomic E-state index is 0.194. The van der Waals surface area contributed by atoms with Crippen molar-refractivity contribution in [2.75, 3.05) is 4.72 Å². The minimum atomic E-state index is -3.71. The molecule has 2 aromatic heterocycles. The third kappa shape index (κ3) is 4.48. The van der Waals surface area contributed by atoms with Crippen LogP contribution in [-0.2, 0) is 10.0 Å². The summed E-state index contributed by atoms with van der Waals surface area (Å²) in [5.41, 5.74) is 5.12. The summed E-state index contributed by atoms with van der Waals surface area (Å²) in [6.07, 6.45) is 0. The van der Waals surface area contributed by atoms with Gasteiger partial charge in [-0.3, -0.25) is 4.72 Å². The van der Waals surface area contributed by atoms with E-state index >= 15 is 0 Å². The van der Waals surface area contributed by atoms with E-state index in [9.17, 15) is 13.2 Å². The van der Waals surface area contributed by atoms with Crippen LogP contribution in [0.4, 0.5) is 5.69 Å². The number of rotatable bonds is 5. The number of H-pyrrole nitrogens is 1. The number of benzene rings is 3. The highest BCUT2D eigenvalue weighted by molar-refractivity contribution is 7.92. The number of hydrogen-bond acceptors (Lipinski definition) is 6. The molecule has 0 amide bonds. The fourth-order valence-corrected chi connectivity index (χ4v) is 5.15. The first-order valence-corrected chi connectivity index (χ1v) is 12.7. The quantitative estimate of drug-likeness (QED) is 0.361. The van der Waals surface area contributed by atoms with Gasteiger partial charge < -0.3 is 4.98 Å². The number of aromatic amines is 1. The average Bonchev–Trinajstić information content (AvgIpc) is 2.84. The maximum Gasteiger partial charge on any atom is 0.345 e. The number of hydrogen-bond donors (Lipinski definition) is 2. The predicted octanol–water partition coefficient (Wildman–Crippen LogP) is 4.77. The van der Waals surface area contributed by atoms with Crippen LogP contribution in [0.1, 0.15) is 17.0 Å². The molecule has 8 nitrogen and oxygen atoms in total. The van der Waals surface area contributed by atoms with Gasteiger partial charge in [0.1, 0.15) is 0 Å². The van der Waals surface area contributed by atoms with Crippen LogP contribution in [0.2, 0.25) is 0 Å². The lowest BCUT2D eigenvalue weighted by atomic mass is 10.0. The lowest BCUT2D eigenvalue weighted by Gasteiger charge is -2.13. The number of aromatic nitrogens is 4. The Labute approximate surface area is 208 Å². The molecular weight excluding hydrogens is 474 g/mol. The van der Waals surface area contributed by atoms with Crippen LogP contribution < -0.4 is 10.4 Å². The van der Waals surface area contributed by atoms with Gasteiger partial charge in [0.05, 0.1) is 21.8 Å². The summed E-state index contributed by atoms with van der Waals surface area (Å²) in [4.78, 5) is 28.4. The first-order chi connectivity index (χ1) is 17.2. The largest absolute Gasteiger partial charge is 0.345 e. The molecule has 5 aromatic rings. The van der Waals surface area contributed by atoms with Crippen LogP contribution in [0.3, 0.4) is 0 Å². The van der Waals surface area contributed by atoms with E-state index in [1.165, 1.54) is 0 Å². The summed E-state index contributed by atoms with van der Waals surface area (Å²) >= 11 is 0. The van der Waals surface area contributed by atoms with Crippen LogP contribution in [0, 0.1) is 20.8 Å². The van der Waals surface area contributed by atoms with Gasteiger partial charge in [-0.25, -0.2) is 23.2 Å². The minimum Gasteiger partial charge on any atom is -0.309 e. The molecule has 0 atom stereocenters. The van der Waals surface area contributed by atoms with Crippen LogP contribution in [0.5, 0.6) is 0 Å². The number of sulfonamides is 1. The summed E-state index contributed by atoms with van der Waals surface area (Å²) in [5.74, 6) is 0.474. The van der Waals surface area contributed by atoms with Gasteiger partial charge in [-0.1, -0.05) is 35.9 Å². The Morgan fingerprint density at radius 2 is 1.50 bits per heavy atom.